The predicted octanol–water partition coefficient (Wildman–Crippen LogP) is 6.11. The molecule has 1 aliphatic rings. The Bertz CT molecular complexity index is 1490. The third-order valence-corrected chi connectivity index (χ3v) is 10.1. The molecule has 43 heavy (non-hydrogen) atoms. The smallest absolute Gasteiger partial charge is 0.264 e. The van der Waals surface area contributed by atoms with Crippen molar-refractivity contribution in [2.75, 3.05) is 18.0 Å². The topological polar surface area (TPSA) is 96.0 Å². The number of rotatable bonds is 12. The SMILES string of the molecule is CC[C@H](C(=O)NC1CCCCC1)N(Cc1ccc(OC)cc1)C(=O)CN(c1ccc(C)c(Cl)c1)S(=O)(=O)c1ccccc1. The van der Waals surface area contributed by atoms with Crippen LogP contribution in [0.5, 0.6) is 5.75 Å². The van der Waals surface area contributed by atoms with Gasteiger partial charge in [0.05, 0.1) is 17.7 Å². The summed E-state index contributed by atoms with van der Waals surface area (Å²) in [6.45, 7) is 3.28. The van der Waals surface area contributed by atoms with Crippen molar-refractivity contribution in [2.24, 2.45) is 0 Å². The molecule has 8 nitrogen and oxygen atoms in total. The van der Waals surface area contributed by atoms with Gasteiger partial charge in [-0.25, -0.2) is 8.42 Å². The molecule has 0 radical (unpaired) electrons. The fourth-order valence-corrected chi connectivity index (χ4v) is 6.98. The van der Waals surface area contributed by atoms with Crippen LogP contribution in [0.1, 0.15) is 56.6 Å². The number of anilines is 1. The second-order valence-electron chi connectivity index (χ2n) is 10.9. The first kappa shape index (κ1) is 32.4. The molecular formula is C33H40ClN3O5S. The minimum Gasteiger partial charge on any atom is -0.497 e. The van der Waals surface area contributed by atoms with Crippen LogP contribution in [0, 0.1) is 6.92 Å². The summed E-state index contributed by atoms with van der Waals surface area (Å²) in [5.74, 6) is -0.0649. The average molecular weight is 626 g/mol. The van der Waals surface area contributed by atoms with Crippen molar-refractivity contribution >= 4 is 39.1 Å². The van der Waals surface area contributed by atoms with E-state index in [1.165, 1.54) is 17.0 Å². The van der Waals surface area contributed by atoms with Gasteiger partial charge in [0.1, 0.15) is 18.3 Å². The van der Waals surface area contributed by atoms with Crippen molar-refractivity contribution in [1.29, 1.82) is 0 Å². The number of nitrogens with one attached hydrogen (secondary N) is 1. The first-order valence-corrected chi connectivity index (χ1v) is 16.5. The maximum absolute atomic E-state index is 14.3. The molecular weight excluding hydrogens is 586 g/mol. The van der Waals surface area contributed by atoms with E-state index in [4.69, 9.17) is 16.3 Å². The number of carbonyl (C=O) groups excluding carboxylic acids is 2. The molecule has 4 rings (SSSR count). The van der Waals surface area contributed by atoms with Gasteiger partial charge in [0.15, 0.2) is 0 Å². The van der Waals surface area contributed by atoms with E-state index in [0.717, 1.165) is 47.5 Å². The maximum Gasteiger partial charge on any atom is 0.264 e. The van der Waals surface area contributed by atoms with Crippen molar-refractivity contribution in [3.05, 3.63) is 88.9 Å². The number of carbonyl (C=O) groups is 2. The van der Waals surface area contributed by atoms with Gasteiger partial charge in [-0.05, 0) is 73.7 Å². The Morgan fingerprint density at radius 2 is 1.67 bits per heavy atom. The quantitative estimate of drug-likeness (QED) is 0.262. The van der Waals surface area contributed by atoms with Crippen molar-refractivity contribution in [3.8, 4) is 5.75 Å². The van der Waals surface area contributed by atoms with Crippen LogP contribution >= 0.6 is 11.6 Å². The number of ether oxygens (including phenoxy) is 1. The standard InChI is InChI=1S/C33H40ClN3O5S/c1-4-31(33(39)35-26-11-7-5-8-12-26)36(22-25-16-19-28(42-3)20-17-25)32(38)23-37(27-18-15-24(2)30(34)21-27)43(40,41)29-13-9-6-10-14-29/h6,9-10,13-21,26,31H,4-5,7-8,11-12,22-23H2,1-3H3,(H,35,39)/t31-/m1/s1. The van der Waals surface area contributed by atoms with E-state index in [9.17, 15) is 18.0 Å². The fourth-order valence-electron chi connectivity index (χ4n) is 5.38. The third kappa shape index (κ3) is 8.09. The largest absolute Gasteiger partial charge is 0.497 e. The number of aryl methyl sites for hydroxylation is 1. The van der Waals surface area contributed by atoms with E-state index in [2.05, 4.69) is 5.32 Å². The van der Waals surface area contributed by atoms with Gasteiger partial charge in [-0.1, -0.05) is 74.2 Å². The predicted molar refractivity (Wildman–Crippen MR) is 170 cm³/mol. The molecule has 0 aromatic heterocycles. The van der Waals surface area contributed by atoms with E-state index in [1.54, 1.807) is 55.6 Å². The second-order valence-corrected chi connectivity index (χ2v) is 13.2. The van der Waals surface area contributed by atoms with Crippen LogP contribution < -0.4 is 14.4 Å². The molecule has 3 aromatic rings. The molecule has 1 fully saturated rings. The highest BCUT2D eigenvalue weighted by atomic mass is 35.5. The number of hydrogen-bond acceptors (Lipinski definition) is 5. The molecule has 0 heterocycles. The number of hydrogen-bond donors (Lipinski definition) is 1. The Morgan fingerprint density at radius 3 is 2.28 bits per heavy atom. The van der Waals surface area contributed by atoms with E-state index in [1.807, 2.05) is 26.0 Å². The van der Waals surface area contributed by atoms with Crippen molar-refractivity contribution in [3.63, 3.8) is 0 Å². The van der Waals surface area contributed by atoms with Gasteiger partial charge in [0.25, 0.3) is 10.0 Å². The molecule has 10 heteroatoms. The Labute approximate surface area is 260 Å². The van der Waals surface area contributed by atoms with Gasteiger partial charge in [-0.3, -0.25) is 13.9 Å². The van der Waals surface area contributed by atoms with Crippen molar-refractivity contribution in [2.45, 2.75) is 75.9 Å². The van der Waals surface area contributed by atoms with E-state index in [0.29, 0.717) is 17.2 Å². The maximum atomic E-state index is 14.3. The number of halogens is 1. The number of sulfonamides is 1. The highest BCUT2D eigenvalue weighted by Gasteiger charge is 2.34. The molecule has 0 saturated heterocycles. The van der Waals surface area contributed by atoms with E-state index >= 15 is 0 Å². The molecule has 0 unspecified atom stereocenters. The Kier molecular flexibility index (Phi) is 11.1. The second kappa shape index (κ2) is 14.8. The lowest BCUT2D eigenvalue weighted by Gasteiger charge is -2.34. The van der Waals surface area contributed by atoms with Gasteiger partial charge in [-0.15, -0.1) is 0 Å². The number of benzene rings is 3. The Balaban J connectivity index is 1.71. The summed E-state index contributed by atoms with van der Waals surface area (Å²) in [4.78, 5) is 29.5. The zero-order valence-electron chi connectivity index (χ0n) is 25.0. The summed E-state index contributed by atoms with van der Waals surface area (Å²) >= 11 is 6.41. The van der Waals surface area contributed by atoms with Crippen LogP contribution in [-0.2, 0) is 26.2 Å². The minimum atomic E-state index is -4.16. The minimum absolute atomic E-state index is 0.0447. The van der Waals surface area contributed by atoms with Crippen LogP contribution in [0.25, 0.3) is 0 Å². The summed E-state index contributed by atoms with van der Waals surface area (Å²) in [6.07, 6.45) is 5.45. The third-order valence-electron chi connectivity index (χ3n) is 7.90. The van der Waals surface area contributed by atoms with Crippen LogP contribution in [0.2, 0.25) is 5.02 Å². The molecule has 2 amide bonds. The molecule has 1 atom stereocenters. The zero-order valence-corrected chi connectivity index (χ0v) is 26.5. The van der Waals surface area contributed by atoms with Gasteiger partial charge in [-0.2, -0.15) is 0 Å². The van der Waals surface area contributed by atoms with Crippen molar-refractivity contribution in [1.82, 2.24) is 10.2 Å². The van der Waals surface area contributed by atoms with Crippen LogP contribution in [0.3, 0.4) is 0 Å². The number of amides is 2. The molecule has 230 valence electrons. The summed E-state index contributed by atoms with van der Waals surface area (Å²) in [6, 6.07) is 19.4. The molecule has 0 aliphatic heterocycles. The molecule has 1 saturated carbocycles. The van der Waals surface area contributed by atoms with Crippen LogP contribution in [-0.4, -0.2) is 50.9 Å². The zero-order chi connectivity index (χ0) is 31.0. The molecule has 1 N–H and O–H groups in total. The van der Waals surface area contributed by atoms with Gasteiger partial charge >= 0.3 is 0 Å². The molecule has 3 aromatic carbocycles. The number of nitrogens with zero attached hydrogens (tertiary/aromatic N) is 2. The summed E-state index contributed by atoms with van der Waals surface area (Å²) < 4.78 is 34.3. The first-order chi connectivity index (χ1) is 20.6. The highest BCUT2D eigenvalue weighted by Crippen LogP contribution is 2.29. The van der Waals surface area contributed by atoms with Crippen LogP contribution in [0.15, 0.2) is 77.7 Å². The monoisotopic (exact) mass is 625 g/mol. The van der Waals surface area contributed by atoms with E-state index < -0.39 is 28.5 Å². The summed E-state index contributed by atoms with van der Waals surface area (Å²) in [5, 5.41) is 3.54. The summed E-state index contributed by atoms with van der Waals surface area (Å²) in [7, 11) is -2.58. The van der Waals surface area contributed by atoms with E-state index in [-0.39, 0.29) is 29.1 Å². The fraction of sp³-hybridized carbons (Fsp3) is 0.394. The van der Waals surface area contributed by atoms with Gasteiger partial charge in [0.2, 0.25) is 11.8 Å². The molecule has 0 bridgehead atoms. The lowest BCUT2D eigenvalue weighted by atomic mass is 9.95. The van der Waals surface area contributed by atoms with Crippen LogP contribution in [0.4, 0.5) is 5.69 Å². The molecule has 0 spiro atoms. The lowest BCUT2D eigenvalue weighted by molar-refractivity contribution is -0.140. The lowest BCUT2D eigenvalue weighted by Crippen LogP contribution is -2.54. The van der Waals surface area contributed by atoms with Gasteiger partial charge < -0.3 is 15.0 Å². The Morgan fingerprint density at radius 1 is 1.00 bits per heavy atom. The highest BCUT2D eigenvalue weighted by molar-refractivity contribution is 7.92. The average Bonchev–Trinajstić information content (AvgIpc) is 3.02. The number of methoxy groups -OCH3 is 1. The van der Waals surface area contributed by atoms with Gasteiger partial charge in [0, 0.05) is 17.6 Å². The normalized spacial score (nSPS) is 14.5. The molecule has 1 aliphatic carbocycles. The summed E-state index contributed by atoms with van der Waals surface area (Å²) in [5.41, 5.74) is 1.83. The van der Waals surface area contributed by atoms with Crippen molar-refractivity contribution < 1.29 is 22.7 Å². The Hall–Kier alpha value is -3.56. The first-order valence-electron chi connectivity index (χ1n) is 14.7.